The zero-order valence-electron chi connectivity index (χ0n) is 10.7. The second-order valence-corrected chi connectivity index (χ2v) is 5.50. The van der Waals surface area contributed by atoms with Crippen LogP contribution in [0.1, 0.15) is 23.2 Å². The number of hydrogen-bond acceptors (Lipinski definition) is 3. The van der Waals surface area contributed by atoms with E-state index in [-0.39, 0.29) is 22.2 Å². The van der Waals surface area contributed by atoms with Crippen LogP contribution in [0.5, 0.6) is 0 Å². The number of nitro groups is 1. The van der Waals surface area contributed by atoms with E-state index in [1.165, 1.54) is 18.2 Å². The molecule has 0 spiro atoms. The monoisotopic (exact) mass is 316 g/mol. The molecule has 0 saturated carbocycles. The van der Waals surface area contributed by atoms with Gasteiger partial charge in [-0.2, -0.15) is 0 Å². The number of halogens is 2. The first-order chi connectivity index (χ1) is 9.54. The van der Waals surface area contributed by atoms with E-state index in [1.54, 1.807) is 4.90 Å². The number of nitrogens with zero attached hydrogens (tertiary/aromatic N) is 2. The Morgan fingerprint density at radius 2 is 2.05 bits per heavy atom. The first kappa shape index (κ1) is 15.1. The molecule has 0 aromatic heterocycles. The topological polar surface area (TPSA) is 63.4 Å². The highest BCUT2D eigenvalue weighted by molar-refractivity contribution is 6.34. The van der Waals surface area contributed by atoms with Gasteiger partial charge in [0.1, 0.15) is 5.56 Å². The number of amides is 1. The van der Waals surface area contributed by atoms with E-state index in [4.69, 9.17) is 23.2 Å². The normalized spacial score (nSPS) is 16.2. The highest BCUT2D eigenvalue weighted by atomic mass is 35.5. The number of alkyl halides is 1. The quantitative estimate of drug-likeness (QED) is 0.488. The number of rotatable bonds is 3. The molecule has 1 saturated heterocycles. The molecule has 0 radical (unpaired) electrons. The maximum atomic E-state index is 12.4. The van der Waals surface area contributed by atoms with E-state index in [0.717, 1.165) is 12.8 Å². The summed E-state index contributed by atoms with van der Waals surface area (Å²) in [4.78, 5) is 24.5. The van der Waals surface area contributed by atoms with Gasteiger partial charge in [0.2, 0.25) is 0 Å². The molecule has 1 aromatic rings. The van der Waals surface area contributed by atoms with Gasteiger partial charge in [-0.05, 0) is 24.8 Å². The van der Waals surface area contributed by atoms with Crippen molar-refractivity contribution in [3.8, 4) is 0 Å². The number of hydrogen-bond donors (Lipinski definition) is 0. The minimum Gasteiger partial charge on any atom is -0.338 e. The summed E-state index contributed by atoms with van der Waals surface area (Å²) >= 11 is 11.8. The molecule has 1 fully saturated rings. The number of carbonyl (C=O) groups is 1. The van der Waals surface area contributed by atoms with Crippen molar-refractivity contribution >= 4 is 34.8 Å². The van der Waals surface area contributed by atoms with Crippen LogP contribution in [0.3, 0.4) is 0 Å². The van der Waals surface area contributed by atoms with Crippen molar-refractivity contribution < 1.29 is 9.72 Å². The summed E-state index contributed by atoms with van der Waals surface area (Å²) in [6.07, 6.45) is 1.63. The van der Waals surface area contributed by atoms with Crippen LogP contribution in [0, 0.1) is 16.0 Å². The van der Waals surface area contributed by atoms with Crippen molar-refractivity contribution in [2.75, 3.05) is 19.0 Å². The third-order valence-electron chi connectivity index (χ3n) is 3.52. The zero-order valence-corrected chi connectivity index (χ0v) is 12.2. The highest BCUT2D eigenvalue weighted by Crippen LogP contribution is 2.29. The van der Waals surface area contributed by atoms with Crippen molar-refractivity contribution in [2.45, 2.75) is 12.8 Å². The zero-order chi connectivity index (χ0) is 14.7. The molecule has 1 aliphatic rings. The average molecular weight is 317 g/mol. The minimum atomic E-state index is -0.579. The first-order valence-electron chi connectivity index (χ1n) is 6.32. The molecule has 5 nitrogen and oxygen atoms in total. The summed E-state index contributed by atoms with van der Waals surface area (Å²) in [5.41, 5.74) is -0.273. The maximum Gasteiger partial charge on any atom is 0.283 e. The van der Waals surface area contributed by atoms with Gasteiger partial charge in [0, 0.05) is 25.0 Å². The van der Waals surface area contributed by atoms with Gasteiger partial charge in [-0.1, -0.05) is 17.7 Å². The molecular formula is C13H14Cl2N2O3. The summed E-state index contributed by atoms with van der Waals surface area (Å²) in [6.45, 7) is 1.11. The second-order valence-electron chi connectivity index (χ2n) is 4.78. The average Bonchev–Trinajstić information content (AvgIpc) is 2.46. The summed E-state index contributed by atoms with van der Waals surface area (Å²) < 4.78 is 0. The molecule has 0 atom stereocenters. The van der Waals surface area contributed by atoms with Crippen LogP contribution < -0.4 is 0 Å². The predicted octanol–water partition coefficient (Wildman–Crippen LogP) is 3.34. The van der Waals surface area contributed by atoms with Gasteiger partial charge in [0.15, 0.2) is 0 Å². The van der Waals surface area contributed by atoms with Crippen LogP contribution >= 0.6 is 23.2 Å². The Morgan fingerprint density at radius 1 is 1.40 bits per heavy atom. The van der Waals surface area contributed by atoms with E-state index in [9.17, 15) is 14.9 Å². The lowest BCUT2D eigenvalue weighted by atomic mass is 9.98. The Morgan fingerprint density at radius 3 is 2.60 bits per heavy atom. The van der Waals surface area contributed by atoms with Crippen LogP contribution in [0.25, 0.3) is 0 Å². The smallest absolute Gasteiger partial charge is 0.283 e. The molecule has 1 amide bonds. The minimum absolute atomic E-state index is 0.0245. The van der Waals surface area contributed by atoms with Crippen LogP contribution in [-0.2, 0) is 0 Å². The molecule has 0 unspecified atom stereocenters. The molecule has 1 heterocycles. The van der Waals surface area contributed by atoms with Crippen LogP contribution in [-0.4, -0.2) is 34.7 Å². The molecule has 2 rings (SSSR count). The molecule has 108 valence electrons. The van der Waals surface area contributed by atoms with Crippen molar-refractivity contribution in [1.29, 1.82) is 0 Å². The van der Waals surface area contributed by atoms with Crippen molar-refractivity contribution in [3.63, 3.8) is 0 Å². The van der Waals surface area contributed by atoms with Gasteiger partial charge in [-0.25, -0.2) is 0 Å². The lowest BCUT2D eigenvalue weighted by Crippen LogP contribution is -2.39. The van der Waals surface area contributed by atoms with Crippen molar-refractivity contribution in [1.82, 2.24) is 4.90 Å². The molecule has 1 aliphatic heterocycles. The van der Waals surface area contributed by atoms with E-state index in [2.05, 4.69) is 0 Å². The molecule has 7 heteroatoms. The van der Waals surface area contributed by atoms with Gasteiger partial charge in [-0.3, -0.25) is 14.9 Å². The maximum absolute atomic E-state index is 12.4. The van der Waals surface area contributed by atoms with Crippen molar-refractivity contribution in [2.24, 2.45) is 5.92 Å². The Kier molecular flexibility index (Phi) is 4.83. The fraction of sp³-hybridized carbons (Fsp3) is 0.462. The predicted molar refractivity (Wildman–Crippen MR) is 77.5 cm³/mol. The first-order valence-corrected chi connectivity index (χ1v) is 7.24. The molecule has 0 bridgehead atoms. The van der Waals surface area contributed by atoms with Gasteiger partial charge in [-0.15, -0.1) is 11.6 Å². The number of carbonyl (C=O) groups excluding carboxylic acids is 1. The molecule has 0 N–H and O–H groups in total. The summed E-state index contributed by atoms with van der Waals surface area (Å²) in [6, 6.07) is 4.26. The Labute approximate surface area is 126 Å². The summed E-state index contributed by atoms with van der Waals surface area (Å²) in [5.74, 6) is 0.603. The standard InChI is InChI=1S/C13H14Cl2N2O3/c14-8-9-4-6-16(7-5-9)13(18)12-10(15)2-1-3-11(12)17(19)20/h1-3,9H,4-8H2. The fourth-order valence-electron chi connectivity index (χ4n) is 2.33. The number of piperidine rings is 1. The summed E-state index contributed by atoms with van der Waals surface area (Å²) in [5, 5.41) is 11.1. The fourth-order valence-corrected chi connectivity index (χ4v) is 2.88. The Hall–Kier alpha value is -1.33. The SMILES string of the molecule is O=C(c1c(Cl)cccc1[N+](=O)[O-])N1CCC(CCl)CC1. The third kappa shape index (κ3) is 3.04. The Bertz CT molecular complexity index is 528. The number of nitro benzene ring substituents is 1. The van der Waals surface area contributed by atoms with Crippen LogP contribution in [0.4, 0.5) is 5.69 Å². The largest absolute Gasteiger partial charge is 0.338 e. The van der Waals surface area contributed by atoms with Crippen LogP contribution in [0.2, 0.25) is 5.02 Å². The van der Waals surface area contributed by atoms with E-state index < -0.39 is 4.92 Å². The number of benzene rings is 1. The van der Waals surface area contributed by atoms with E-state index >= 15 is 0 Å². The third-order valence-corrected chi connectivity index (χ3v) is 4.27. The van der Waals surface area contributed by atoms with Gasteiger partial charge < -0.3 is 4.90 Å². The Balaban J connectivity index is 2.24. The highest BCUT2D eigenvalue weighted by Gasteiger charge is 2.29. The second kappa shape index (κ2) is 6.41. The summed E-state index contributed by atoms with van der Waals surface area (Å²) in [7, 11) is 0. The van der Waals surface area contributed by atoms with E-state index in [1.807, 2.05) is 0 Å². The molecule has 0 aliphatic carbocycles. The van der Waals surface area contributed by atoms with Gasteiger partial charge >= 0.3 is 0 Å². The van der Waals surface area contributed by atoms with Crippen molar-refractivity contribution in [3.05, 3.63) is 38.9 Å². The number of likely N-dealkylation sites (tertiary alicyclic amines) is 1. The van der Waals surface area contributed by atoms with Gasteiger partial charge in [0.25, 0.3) is 11.6 Å². The van der Waals surface area contributed by atoms with Gasteiger partial charge in [0.05, 0.1) is 9.95 Å². The lowest BCUT2D eigenvalue weighted by Gasteiger charge is -2.31. The van der Waals surface area contributed by atoms with Crippen LogP contribution in [0.15, 0.2) is 18.2 Å². The van der Waals surface area contributed by atoms with E-state index in [0.29, 0.717) is 24.9 Å². The lowest BCUT2D eigenvalue weighted by molar-refractivity contribution is -0.385. The molecule has 1 aromatic carbocycles. The molecule has 20 heavy (non-hydrogen) atoms. The molecular weight excluding hydrogens is 303 g/mol.